The minimum absolute atomic E-state index is 0.141. The van der Waals surface area contributed by atoms with Crippen LogP contribution in [-0.4, -0.2) is 10.9 Å². The molecule has 2 N–H and O–H groups in total. The number of H-pyrrole nitrogens is 1. The Morgan fingerprint density at radius 3 is 2.80 bits per heavy atom. The Bertz CT molecular complexity index is 465. The molecule has 15 heavy (non-hydrogen) atoms. The average Bonchev–Trinajstić information content (AvgIpc) is 2.70. The Labute approximate surface area is 95.6 Å². The first-order valence-corrected chi connectivity index (χ1v) is 5.25. The van der Waals surface area contributed by atoms with E-state index in [9.17, 15) is 4.79 Å². The Hall–Kier alpha value is -1.55. The summed E-state index contributed by atoms with van der Waals surface area (Å²) in [6.45, 7) is 0. The maximum absolute atomic E-state index is 11.6. The van der Waals surface area contributed by atoms with Crippen molar-refractivity contribution in [3.63, 3.8) is 0 Å². The van der Waals surface area contributed by atoms with Gasteiger partial charge in [-0.3, -0.25) is 4.79 Å². The van der Waals surface area contributed by atoms with Crippen LogP contribution in [0.25, 0.3) is 0 Å². The van der Waals surface area contributed by atoms with E-state index in [1.165, 1.54) is 0 Å². The van der Waals surface area contributed by atoms with E-state index >= 15 is 0 Å². The van der Waals surface area contributed by atoms with Crippen LogP contribution in [0, 0.1) is 0 Å². The van der Waals surface area contributed by atoms with Crippen molar-refractivity contribution in [2.45, 2.75) is 0 Å². The summed E-state index contributed by atoms with van der Waals surface area (Å²) in [6, 6.07) is 11.0. The molecule has 76 valence electrons. The van der Waals surface area contributed by atoms with Crippen molar-refractivity contribution in [1.29, 1.82) is 0 Å². The molecule has 0 spiro atoms. The second-order valence-electron chi connectivity index (χ2n) is 3.05. The van der Waals surface area contributed by atoms with Gasteiger partial charge in [0, 0.05) is 16.4 Å². The van der Waals surface area contributed by atoms with Crippen LogP contribution >= 0.6 is 15.9 Å². The van der Waals surface area contributed by atoms with Gasteiger partial charge in [-0.2, -0.15) is 0 Å². The smallest absolute Gasteiger partial charge is 0.272 e. The van der Waals surface area contributed by atoms with E-state index in [4.69, 9.17) is 0 Å². The fourth-order valence-corrected chi connectivity index (χ4v) is 1.64. The number of carbonyl (C=O) groups is 1. The minimum atomic E-state index is -0.141. The Kier molecular flexibility index (Phi) is 2.87. The zero-order valence-electron chi connectivity index (χ0n) is 7.83. The Balaban J connectivity index is 2.13. The van der Waals surface area contributed by atoms with Crippen LogP contribution in [-0.2, 0) is 0 Å². The summed E-state index contributed by atoms with van der Waals surface area (Å²) >= 11 is 3.34. The summed E-state index contributed by atoms with van der Waals surface area (Å²) in [4.78, 5) is 14.5. The monoisotopic (exact) mass is 264 g/mol. The number of hydrogen-bond acceptors (Lipinski definition) is 1. The van der Waals surface area contributed by atoms with Crippen molar-refractivity contribution in [3.8, 4) is 0 Å². The molecule has 4 heteroatoms. The molecule has 1 aromatic carbocycles. The fraction of sp³-hybridized carbons (Fsp3) is 0. The van der Waals surface area contributed by atoms with Crippen molar-refractivity contribution >= 4 is 27.5 Å². The minimum Gasteiger partial charge on any atom is -0.357 e. The van der Waals surface area contributed by atoms with Crippen molar-refractivity contribution in [2.24, 2.45) is 0 Å². The molecule has 1 amide bonds. The number of benzene rings is 1. The molecular weight excluding hydrogens is 256 g/mol. The molecule has 2 aromatic rings. The van der Waals surface area contributed by atoms with Gasteiger partial charge in [0.05, 0.1) is 0 Å². The maximum atomic E-state index is 11.6. The third-order valence-corrected chi connectivity index (χ3v) is 2.42. The highest BCUT2D eigenvalue weighted by atomic mass is 79.9. The van der Waals surface area contributed by atoms with Gasteiger partial charge in [0.15, 0.2) is 0 Å². The molecule has 0 atom stereocenters. The zero-order chi connectivity index (χ0) is 10.7. The number of nitrogens with one attached hydrogen (secondary N) is 2. The van der Waals surface area contributed by atoms with Crippen LogP contribution in [0.3, 0.4) is 0 Å². The van der Waals surface area contributed by atoms with Crippen molar-refractivity contribution in [2.75, 3.05) is 5.32 Å². The summed E-state index contributed by atoms with van der Waals surface area (Å²) in [5, 5.41) is 2.78. The van der Waals surface area contributed by atoms with E-state index in [1.807, 2.05) is 24.3 Å². The topological polar surface area (TPSA) is 44.9 Å². The molecule has 3 nitrogen and oxygen atoms in total. The second kappa shape index (κ2) is 4.31. The lowest BCUT2D eigenvalue weighted by Crippen LogP contribution is -2.11. The average molecular weight is 265 g/mol. The number of rotatable bonds is 2. The van der Waals surface area contributed by atoms with Gasteiger partial charge in [0.1, 0.15) is 5.69 Å². The van der Waals surface area contributed by atoms with Gasteiger partial charge in [-0.25, -0.2) is 0 Å². The number of anilines is 1. The standard InChI is InChI=1S/C11H9BrN2O/c12-8-3-1-4-9(7-8)14-11(15)10-5-2-6-13-10/h1-7,13H,(H,14,15). The molecule has 0 saturated heterocycles. The van der Waals surface area contributed by atoms with Crippen LogP contribution in [0.4, 0.5) is 5.69 Å². The number of amides is 1. The van der Waals surface area contributed by atoms with E-state index in [2.05, 4.69) is 26.2 Å². The molecule has 0 aliphatic carbocycles. The highest BCUT2D eigenvalue weighted by molar-refractivity contribution is 9.10. The highest BCUT2D eigenvalue weighted by Gasteiger charge is 2.05. The molecule has 0 aliphatic rings. The molecule has 0 radical (unpaired) electrons. The van der Waals surface area contributed by atoms with Crippen molar-refractivity contribution in [3.05, 3.63) is 52.8 Å². The lowest BCUT2D eigenvalue weighted by Gasteiger charge is -2.03. The summed E-state index contributed by atoms with van der Waals surface area (Å²) in [5.74, 6) is -0.141. The first-order valence-electron chi connectivity index (χ1n) is 4.46. The quantitative estimate of drug-likeness (QED) is 0.861. The van der Waals surface area contributed by atoms with E-state index in [0.29, 0.717) is 5.69 Å². The zero-order valence-corrected chi connectivity index (χ0v) is 9.41. The Morgan fingerprint density at radius 1 is 1.27 bits per heavy atom. The first kappa shape index (κ1) is 9.98. The van der Waals surface area contributed by atoms with Crippen LogP contribution in [0.5, 0.6) is 0 Å². The van der Waals surface area contributed by atoms with Gasteiger partial charge in [0.25, 0.3) is 5.91 Å². The molecule has 0 saturated carbocycles. The maximum Gasteiger partial charge on any atom is 0.272 e. The van der Waals surface area contributed by atoms with Gasteiger partial charge in [-0.05, 0) is 30.3 Å². The summed E-state index contributed by atoms with van der Waals surface area (Å²) < 4.78 is 0.937. The molecule has 0 bridgehead atoms. The third kappa shape index (κ3) is 2.47. The Morgan fingerprint density at radius 2 is 2.13 bits per heavy atom. The van der Waals surface area contributed by atoms with Crippen LogP contribution < -0.4 is 5.32 Å². The van der Waals surface area contributed by atoms with E-state index < -0.39 is 0 Å². The third-order valence-electron chi connectivity index (χ3n) is 1.93. The second-order valence-corrected chi connectivity index (χ2v) is 3.96. The van der Waals surface area contributed by atoms with Crippen molar-refractivity contribution < 1.29 is 4.79 Å². The van der Waals surface area contributed by atoms with Crippen LogP contribution in [0.1, 0.15) is 10.5 Å². The molecule has 0 fully saturated rings. The van der Waals surface area contributed by atoms with Gasteiger partial charge >= 0.3 is 0 Å². The molecule has 2 rings (SSSR count). The summed E-state index contributed by atoms with van der Waals surface area (Å²) in [6.07, 6.45) is 1.72. The van der Waals surface area contributed by atoms with Crippen molar-refractivity contribution in [1.82, 2.24) is 4.98 Å². The van der Waals surface area contributed by atoms with Crippen LogP contribution in [0.2, 0.25) is 0 Å². The highest BCUT2D eigenvalue weighted by Crippen LogP contribution is 2.16. The van der Waals surface area contributed by atoms with E-state index in [-0.39, 0.29) is 5.91 Å². The number of aromatic amines is 1. The molecule has 1 aromatic heterocycles. The van der Waals surface area contributed by atoms with Gasteiger partial charge < -0.3 is 10.3 Å². The summed E-state index contributed by atoms with van der Waals surface area (Å²) in [7, 11) is 0. The first-order chi connectivity index (χ1) is 7.25. The fourth-order valence-electron chi connectivity index (χ4n) is 1.24. The lowest BCUT2D eigenvalue weighted by atomic mass is 10.3. The number of carbonyl (C=O) groups excluding carboxylic acids is 1. The predicted molar refractivity (Wildman–Crippen MR) is 62.9 cm³/mol. The van der Waals surface area contributed by atoms with E-state index in [0.717, 1.165) is 10.2 Å². The van der Waals surface area contributed by atoms with Crippen LogP contribution in [0.15, 0.2) is 47.1 Å². The molecule has 0 aliphatic heterocycles. The normalized spacial score (nSPS) is 9.93. The molecule has 0 unspecified atom stereocenters. The molecular formula is C11H9BrN2O. The number of aromatic nitrogens is 1. The molecule has 1 heterocycles. The predicted octanol–water partition coefficient (Wildman–Crippen LogP) is 3.03. The summed E-state index contributed by atoms with van der Waals surface area (Å²) in [5.41, 5.74) is 1.32. The lowest BCUT2D eigenvalue weighted by molar-refractivity contribution is 0.102. The largest absolute Gasteiger partial charge is 0.357 e. The number of halogens is 1. The SMILES string of the molecule is O=C(Nc1cccc(Br)c1)c1ccc[nH]1. The van der Waals surface area contributed by atoms with Gasteiger partial charge in [-0.15, -0.1) is 0 Å². The number of hydrogen-bond donors (Lipinski definition) is 2. The van der Waals surface area contributed by atoms with Gasteiger partial charge in [0.2, 0.25) is 0 Å². The van der Waals surface area contributed by atoms with Gasteiger partial charge in [-0.1, -0.05) is 22.0 Å². The van der Waals surface area contributed by atoms with E-state index in [1.54, 1.807) is 18.3 Å².